The molecule has 2 atom stereocenters. The van der Waals surface area contributed by atoms with Gasteiger partial charge in [-0.3, -0.25) is 4.21 Å². The summed E-state index contributed by atoms with van der Waals surface area (Å²) in [5.74, 6) is 0. The van der Waals surface area contributed by atoms with Gasteiger partial charge < -0.3 is 5.32 Å². The molecule has 0 spiro atoms. The Morgan fingerprint density at radius 3 is 2.81 bits per heavy atom. The third-order valence-electron chi connectivity index (χ3n) is 2.71. The van der Waals surface area contributed by atoms with E-state index in [1.807, 2.05) is 6.92 Å². The van der Waals surface area contributed by atoms with Gasteiger partial charge in [0.2, 0.25) is 0 Å². The number of aryl methyl sites for hydroxylation is 1. The second-order valence-corrected chi connectivity index (χ2v) is 6.07. The molecule has 0 radical (unpaired) electrons. The molecule has 2 unspecified atom stereocenters. The van der Waals surface area contributed by atoms with Crippen molar-refractivity contribution in [2.24, 2.45) is 0 Å². The Labute approximate surface area is 101 Å². The van der Waals surface area contributed by atoms with Gasteiger partial charge in [0.15, 0.2) is 0 Å². The fraction of sp³-hybridized carbons (Fsp3) is 0.538. The zero-order chi connectivity index (χ0) is 12.0. The summed E-state index contributed by atoms with van der Waals surface area (Å²) < 4.78 is 11.1. The first kappa shape index (κ1) is 13.4. The lowest BCUT2D eigenvalue weighted by atomic mass is 10.1. The van der Waals surface area contributed by atoms with Crippen LogP contribution in [0.5, 0.6) is 0 Å². The van der Waals surface area contributed by atoms with Gasteiger partial charge >= 0.3 is 0 Å². The van der Waals surface area contributed by atoms with Crippen LogP contribution in [0, 0.1) is 6.92 Å². The average molecular weight is 239 g/mol. The largest absolute Gasteiger partial charge is 0.313 e. The number of hydrogen-bond donors (Lipinski definition) is 1. The van der Waals surface area contributed by atoms with Crippen LogP contribution in [0.4, 0.5) is 0 Å². The van der Waals surface area contributed by atoms with Crippen LogP contribution in [-0.2, 0) is 17.3 Å². The topological polar surface area (TPSA) is 29.1 Å². The minimum Gasteiger partial charge on any atom is -0.313 e. The van der Waals surface area contributed by atoms with E-state index in [9.17, 15) is 4.21 Å². The number of rotatable bonds is 6. The van der Waals surface area contributed by atoms with Crippen molar-refractivity contribution in [1.82, 2.24) is 5.32 Å². The van der Waals surface area contributed by atoms with Gasteiger partial charge in [-0.15, -0.1) is 0 Å². The van der Waals surface area contributed by atoms with Crippen molar-refractivity contribution in [3.8, 4) is 0 Å². The molecule has 0 aliphatic rings. The molecular weight excluding hydrogens is 218 g/mol. The fourth-order valence-electron chi connectivity index (χ4n) is 1.53. The van der Waals surface area contributed by atoms with E-state index in [0.717, 1.165) is 19.5 Å². The van der Waals surface area contributed by atoms with Crippen molar-refractivity contribution in [2.45, 2.75) is 32.1 Å². The number of benzene rings is 1. The van der Waals surface area contributed by atoms with Crippen LogP contribution in [0.15, 0.2) is 24.3 Å². The first-order chi connectivity index (χ1) is 7.59. The van der Waals surface area contributed by atoms with Crippen LogP contribution >= 0.6 is 0 Å². The molecule has 1 aromatic carbocycles. The smallest absolute Gasteiger partial charge is 0.0329 e. The van der Waals surface area contributed by atoms with E-state index in [4.69, 9.17) is 0 Å². The van der Waals surface area contributed by atoms with E-state index in [1.54, 1.807) is 6.26 Å². The lowest BCUT2D eigenvalue weighted by molar-refractivity contribution is 0.629. The highest BCUT2D eigenvalue weighted by atomic mass is 32.2. The van der Waals surface area contributed by atoms with Crippen molar-refractivity contribution in [3.05, 3.63) is 35.4 Å². The van der Waals surface area contributed by atoms with E-state index in [1.165, 1.54) is 11.1 Å². The molecule has 2 nitrogen and oxygen atoms in total. The molecule has 0 bridgehead atoms. The Bertz CT molecular complexity index is 352. The summed E-state index contributed by atoms with van der Waals surface area (Å²) in [6, 6.07) is 8.50. The Morgan fingerprint density at radius 1 is 1.44 bits per heavy atom. The van der Waals surface area contributed by atoms with E-state index >= 15 is 0 Å². The third-order valence-corrected chi connectivity index (χ3v) is 4.07. The predicted molar refractivity (Wildman–Crippen MR) is 71.0 cm³/mol. The van der Waals surface area contributed by atoms with Gasteiger partial charge in [-0.1, -0.05) is 36.8 Å². The molecular formula is C13H21NOS. The SMILES string of the molecule is Cc1cccc(CNCCC(C)S(C)=O)c1. The van der Waals surface area contributed by atoms with Crippen LogP contribution in [0.1, 0.15) is 24.5 Å². The van der Waals surface area contributed by atoms with Crippen molar-refractivity contribution in [2.75, 3.05) is 12.8 Å². The molecule has 0 aromatic heterocycles. The summed E-state index contributed by atoms with van der Waals surface area (Å²) in [5, 5.41) is 3.66. The predicted octanol–water partition coefficient (Wildman–Crippen LogP) is 2.24. The van der Waals surface area contributed by atoms with Gasteiger partial charge in [0.25, 0.3) is 0 Å². The van der Waals surface area contributed by atoms with Crippen LogP contribution in [0.3, 0.4) is 0 Å². The van der Waals surface area contributed by atoms with Crippen LogP contribution in [0.2, 0.25) is 0 Å². The lowest BCUT2D eigenvalue weighted by Gasteiger charge is -2.09. The second-order valence-electron chi connectivity index (χ2n) is 4.26. The highest BCUT2D eigenvalue weighted by Gasteiger charge is 2.04. The van der Waals surface area contributed by atoms with Crippen molar-refractivity contribution in [3.63, 3.8) is 0 Å². The molecule has 0 saturated heterocycles. The van der Waals surface area contributed by atoms with E-state index < -0.39 is 10.8 Å². The Morgan fingerprint density at radius 2 is 2.19 bits per heavy atom. The molecule has 16 heavy (non-hydrogen) atoms. The van der Waals surface area contributed by atoms with Crippen molar-refractivity contribution in [1.29, 1.82) is 0 Å². The summed E-state index contributed by atoms with van der Waals surface area (Å²) >= 11 is 0. The maximum Gasteiger partial charge on any atom is 0.0329 e. The molecule has 0 saturated carbocycles. The van der Waals surface area contributed by atoms with Crippen molar-refractivity contribution >= 4 is 10.8 Å². The number of nitrogens with one attached hydrogen (secondary N) is 1. The first-order valence-corrected chi connectivity index (χ1v) is 7.30. The quantitative estimate of drug-likeness (QED) is 0.771. The molecule has 0 amide bonds. The highest BCUT2D eigenvalue weighted by Crippen LogP contribution is 2.03. The zero-order valence-electron chi connectivity index (χ0n) is 10.3. The van der Waals surface area contributed by atoms with Crippen molar-refractivity contribution < 1.29 is 4.21 Å². The Balaban J connectivity index is 2.23. The van der Waals surface area contributed by atoms with Gasteiger partial charge in [0, 0.05) is 28.9 Å². The molecule has 1 rings (SSSR count). The first-order valence-electron chi connectivity index (χ1n) is 5.68. The van der Waals surface area contributed by atoms with E-state index in [2.05, 4.69) is 36.5 Å². The average Bonchev–Trinajstić information content (AvgIpc) is 2.24. The minimum absolute atomic E-state index is 0.282. The zero-order valence-corrected chi connectivity index (χ0v) is 11.1. The molecule has 1 aromatic rings. The minimum atomic E-state index is -0.702. The van der Waals surface area contributed by atoms with Gasteiger partial charge in [0.1, 0.15) is 0 Å². The summed E-state index contributed by atoms with van der Waals surface area (Å²) in [7, 11) is -0.702. The van der Waals surface area contributed by atoms with Gasteiger partial charge in [-0.25, -0.2) is 0 Å². The summed E-state index contributed by atoms with van der Waals surface area (Å²) in [4.78, 5) is 0. The lowest BCUT2D eigenvalue weighted by Crippen LogP contribution is -2.20. The normalized spacial score (nSPS) is 14.7. The van der Waals surface area contributed by atoms with E-state index in [-0.39, 0.29) is 5.25 Å². The van der Waals surface area contributed by atoms with Crippen LogP contribution in [0.25, 0.3) is 0 Å². The Kier molecular flexibility index (Phi) is 5.71. The standard InChI is InChI=1S/C13H21NOS/c1-11-5-4-6-13(9-11)10-14-8-7-12(2)16(3)15/h4-6,9,12,14H,7-8,10H2,1-3H3. The molecule has 1 N–H and O–H groups in total. The van der Waals surface area contributed by atoms with Gasteiger partial charge in [-0.2, -0.15) is 0 Å². The monoisotopic (exact) mass is 239 g/mol. The maximum atomic E-state index is 11.1. The van der Waals surface area contributed by atoms with Gasteiger partial charge in [0.05, 0.1) is 0 Å². The number of hydrogen-bond acceptors (Lipinski definition) is 2. The molecule has 0 heterocycles. The molecule has 3 heteroatoms. The summed E-state index contributed by atoms with van der Waals surface area (Å²) in [6.45, 7) is 5.95. The molecule has 0 fully saturated rings. The Hall–Kier alpha value is -0.670. The maximum absolute atomic E-state index is 11.1. The molecule has 0 aliphatic carbocycles. The van der Waals surface area contributed by atoms with E-state index in [0.29, 0.717) is 0 Å². The molecule has 90 valence electrons. The highest BCUT2D eigenvalue weighted by molar-refractivity contribution is 7.84. The summed E-state index contributed by atoms with van der Waals surface area (Å²) in [6.07, 6.45) is 2.74. The second kappa shape index (κ2) is 6.81. The van der Waals surface area contributed by atoms with Gasteiger partial charge in [-0.05, 0) is 25.5 Å². The third kappa shape index (κ3) is 4.90. The molecule has 0 aliphatic heterocycles. The van der Waals surface area contributed by atoms with Crippen LogP contribution < -0.4 is 5.32 Å². The van der Waals surface area contributed by atoms with Crippen LogP contribution in [-0.4, -0.2) is 22.3 Å². The summed E-state index contributed by atoms with van der Waals surface area (Å²) in [5.41, 5.74) is 2.60. The fourth-order valence-corrected chi connectivity index (χ4v) is 1.98.